The first-order valence-corrected chi connectivity index (χ1v) is 7.60. The molecule has 2 N–H and O–H groups in total. The zero-order valence-corrected chi connectivity index (χ0v) is 12.0. The van der Waals surface area contributed by atoms with E-state index in [-0.39, 0.29) is 23.8 Å². The molecule has 0 unspecified atom stereocenters. The number of amides is 3. The fraction of sp³-hybridized carbons (Fsp3) is 0.750. The molecule has 3 amide bonds. The van der Waals surface area contributed by atoms with Crippen molar-refractivity contribution in [3.8, 4) is 0 Å². The number of rotatable bonds is 5. The third kappa shape index (κ3) is 3.00. The number of unbranched alkanes of at least 4 members (excludes halogenated alkanes) is 1. The minimum Gasteiger partial charge on any atom is -0.481 e. The molecule has 112 valence electrons. The second-order valence-electron chi connectivity index (χ2n) is 4.90. The number of carbonyl (C=O) groups excluding carboxylic acids is 2. The van der Waals surface area contributed by atoms with E-state index in [9.17, 15) is 14.4 Å². The Bertz CT molecular complexity index is 409. The number of nitrogens with zero attached hydrogens (tertiary/aromatic N) is 1. The van der Waals surface area contributed by atoms with Crippen LogP contribution in [0, 0.1) is 0 Å². The van der Waals surface area contributed by atoms with Crippen molar-refractivity contribution in [1.82, 2.24) is 10.2 Å². The van der Waals surface area contributed by atoms with E-state index >= 15 is 0 Å². The maximum atomic E-state index is 11.8. The van der Waals surface area contributed by atoms with Gasteiger partial charge in [0.15, 0.2) is 0 Å². The number of carboxylic acid groups (broad SMARTS) is 1. The van der Waals surface area contributed by atoms with Gasteiger partial charge in [0.2, 0.25) is 0 Å². The molecule has 7 nitrogen and oxygen atoms in total. The first-order chi connectivity index (χ1) is 9.54. The number of imide groups is 1. The highest BCUT2D eigenvalue weighted by Crippen LogP contribution is 2.37. The van der Waals surface area contributed by atoms with Gasteiger partial charge in [0.1, 0.15) is 0 Å². The van der Waals surface area contributed by atoms with Crippen LogP contribution in [0.2, 0.25) is 0 Å². The molecule has 20 heavy (non-hydrogen) atoms. The molecular weight excluding hydrogens is 284 g/mol. The predicted molar refractivity (Wildman–Crippen MR) is 72.7 cm³/mol. The van der Waals surface area contributed by atoms with E-state index in [1.165, 1.54) is 7.11 Å². The monoisotopic (exact) mass is 302 g/mol. The Morgan fingerprint density at radius 2 is 2.25 bits per heavy atom. The van der Waals surface area contributed by atoms with Gasteiger partial charge in [-0.05, 0) is 12.8 Å². The minimum absolute atomic E-state index is 0.0314. The summed E-state index contributed by atoms with van der Waals surface area (Å²) in [7, 11) is 1.26. The molecule has 8 heteroatoms. The number of carboxylic acids is 1. The zero-order valence-electron chi connectivity index (χ0n) is 11.2. The average Bonchev–Trinajstić information content (AvgIpc) is 2.92. The van der Waals surface area contributed by atoms with Crippen LogP contribution in [-0.2, 0) is 9.53 Å². The number of urea groups is 1. The Morgan fingerprint density at radius 3 is 2.90 bits per heavy atom. The lowest BCUT2D eigenvalue weighted by Gasteiger charge is -2.24. The van der Waals surface area contributed by atoms with Gasteiger partial charge >= 0.3 is 18.1 Å². The summed E-state index contributed by atoms with van der Waals surface area (Å²) in [5, 5.41) is 11.5. The first-order valence-electron chi connectivity index (χ1n) is 6.55. The van der Waals surface area contributed by atoms with E-state index in [4.69, 9.17) is 5.11 Å². The van der Waals surface area contributed by atoms with E-state index in [1.54, 1.807) is 11.8 Å². The van der Waals surface area contributed by atoms with Crippen molar-refractivity contribution in [1.29, 1.82) is 0 Å². The van der Waals surface area contributed by atoms with Gasteiger partial charge in [0.05, 0.1) is 19.2 Å². The van der Waals surface area contributed by atoms with Gasteiger partial charge in [-0.25, -0.2) is 14.5 Å². The number of hydrogen-bond acceptors (Lipinski definition) is 5. The minimum atomic E-state index is -0.796. The largest absolute Gasteiger partial charge is 0.481 e. The van der Waals surface area contributed by atoms with E-state index in [2.05, 4.69) is 10.1 Å². The summed E-state index contributed by atoms with van der Waals surface area (Å²) in [6, 6.07) is -0.622. The van der Waals surface area contributed by atoms with Crippen molar-refractivity contribution in [3.05, 3.63) is 0 Å². The van der Waals surface area contributed by atoms with Crippen molar-refractivity contribution < 1.29 is 24.2 Å². The molecule has 0 saturated carbocycles. The molecule has 2 aliphatic rings. The molecule has 0 radical (unpaired) electrons. The van der Waals surface area contributed by atoms with Crippen LogP contribution in [0.4, 0.5) is 9.59 Å². The summed E-state index contributed by atoms with van der Waals surface area (Å²) in [6.45, 7) is 0. The Kier molecular flexibility index (Phi) is 4.74. The van der Waals surface area contributed by atoms with Crippen molar-refractivity contribution in [2.45, 2.75) is 43.0 Å². The molecule has 2 saturated heterocycles. The van der Waals surface area contributed by atoms with Crippen molar-refractivity contribution in [2.75, 3.05) is 12.9 Å². The summed E-state index contributed by atoms with van der Waals surface area (Å²) in [5.41, 5.74) is 0. The lowest BCUT2D eigenvalue weighted by molar-refractivity contribution is -0.137. The smallest absolute Gasteiger partial charge is 0.418 e. The van der Waals surface area contributed by atoms with Gasteiger partial charge < -0.3 is 15.2 Å². The SMILES string of the molecule is COC(=O)N1C(=O)N[C@H]2CS[C@@H](CCCCC(=O)O)[C@H]21. The second kappa shape index (κ2) is 6.34. The Hall–Kier alpha value is -1.44. The highest BCUT2D eigenvalue weighted by molar-refractivity contribution is 8.00. The molecule has 0 spiro atoms. The van der Waals surface area contributed by atoms with E-state index in [0.717, 1.165) is 23.5 Å². The number of fused-ring (bicyclic) bond motifs is 1. The molecule has 0 bridgehead atoms. The maximum Gasteiger partial charge on any atom is 0.418 e. The summed E-state index contributed by atoms with van der Waals surface area (Å²) in [4.78, 5) is 35.1. The lowest BCUT2D eigenvalue weighted by atomic mass is 10.0. The van der Waals surface area contributed by atoms with Gasteiger partial charge in [-0.2, -0.15) is 11.8 Å². The molecule has 3 atom stereocenters. The number of carbonyl (C=O) groups is 3. The van der Waals surface area contributed by atoms with Gasteiger partial charge in [-0.1, -0.05) is 6.42 Å². The Balaban J connectivity index is 1.92. The molecule has 0 aromatic rings. The van der Waals surface area contributed by atoms with Crippen LogP contribution in [0.1, 0.15) is 25.7 Å². The normalized spacial score (nSPS) is 28.1. The van der Waals surface area contributed by atoms with Gasteiger partial charge in [0.25, 0.3) is 0 Å². The third-order valence-corrected chi connectivity index (χ3v) is 5.10. The molecule has 2 fully saturated rings. The molecule has 0 aromatic carbocycles. The molecule has 2 heterocycles. The number of nitrogens with one attached hydrogen (secondary N) is 1. The third-order valence-electron chi connectivity index (χ3n) is 3.61. The Labute approximate surface area is 121 Å². The Morgan fingerprint density at radius 1 is 1.50 bits per heavy atom. The van der Waals surface area contributed by atoms with E-state index in [1.807, 2.05) is 0 Å². The molecule has 2 aliphatic heterocycles. The van der Waals surface area contributed by atoms with Crippen LogP contribution >= 0.6 is 11.8 Å². The van der Waals surface area contributed by atoms with Gasteiger partial charge in [-0.15, -0.1) is 0 Å². The van der Waals surface area contributed by atoms with Crippen LogP contribution in [0.3, 0.4) is 0 Å². The summed E-state index contributed by atoms with van der Waals surface area (Å²) in [5.74, 6) is -0.0242. The fourth-order valence-corrected chi connectivity index (χ4v) is 4.28. The van der Waals surface area contributed by atoms with E-state index < -0.39 is 18.1 Å². The van der Waals surface area contributed by atoms with Crippen LogP contribution < -0.4 is 5.32 Å². The quantitative estimate of drug-likeness (QED) is 0.586. The lowest BCUT2D eigenvalue weighted by Crippen LogP contribution is -2.44. The van der Waals surface area contributed by atoms with E-state index in [0.29, 0.717) is 6.42 Å². The number of aliphatic carboxylic acids is 1. The molecular formula is C12H18N2O5S. The first kappa shape index (κ1) is 15.0. The topological polar surface area (TPSA) is 95.9 Å². The fourth-order valence-electron chi connectivity index (χ4n) is 2.70. The van der Waals surface area contributed by atoms with Crippen LogP contribution in [-0.4, -0.2) is 58.3 Å². The summed E-state index contributed by atoms with van der Waals surface area (Å²) >= 11 is 1.72. The molecule has 0 aromatic heterocycles. The van der Waals surface area contributed by atoms with Crippen molar-refractivity contribution in [3.63, 3.8) is 0 Å². The summed E-state index contributed by atoms with van der Waals surface area (Å²) < 4.78 is 4.66. The highest BCUT2D eigenvalue weighted by Gasteiger charge is 2.51. The second-order valence-corrected chi connectivity index (χ2v) is 6.17. The van der Waals surface area contributed by atoms with Crippen LogP contribution in [0.15, 0.2) is 0 Å². The standard InChI is InChI=1S/C12H18N2O5S/c1-19-12(18)14-10-7(13-11(14)17)6-20-8(10)4-2-3-5-9(15)16/h7-8,10H,2-6H2,1H3,(H,13,17)(H,15,16)/t7-,8-,10-/m0/s1. The number of ether oxygens (including phenoxy) is 1. The predicted octanol–water partition coefficient (Wildman–Crippen LogP) is 1.28. The summed E-state index contributed by atoms with van der Waals surface area (Å²) in [6.07, 6.45) is 1.71. The average molecular weight is 302 g/mol. The van der Waals surface area contributed by atoms with Gasteiger partial charge in [0, 0.05) is 17.4 Å². The van der Waals surface area contributed by atoms with Crippen molar-refractivity contribution >= 4 is 29.9 Å². The van der Waals surface area contributed by atoms with Crippen LogP contribution in [0.5, 0.6) is 0 Å². The van der Waals surface area contributed by atoms with Crippen LogP contribution in [0.25, 0.3) is 0 Å². The number of methoxy groups -OCH3 is 1. The number of thioether (sulfide) groups is 1. The number of hydrogen-bond donors (Lipinski definition) is 2. The highest BCUT2D eigenvalue weighted by atomic mass is 32.2. The maximum absolute atomic E-state index is 11.8. The van der Waals surface area contributed by atoms with Gasteiger partial charge in [-0.3, -0.25) is 4.79 Å². The zero-order chi connectivity index (χ0) is 14.7. The van der Waals surface area contributed by atoms with Crippen molar-refractivity contribution in [2.24, 2.45) is 0 Å². The molecule has 0 aliphatic carbocycles. The molecule has 2 rings (SSSR count).